The second-order valence-electron chi connectivity index (χ2n) is 5.28. The van der Waals surface area contributed by atoms with Crippen LogP contribution in [0.4, 0.5) is 18.9 Å². The van der Waals surface area contributed by atoms with Crippen LogP contribution in [0.2, 0.25) is 5.02 Å². The lowest BCUT2D eigenvalue weighted by Gasteiger charge is -2.07. The fourth-order valence-corrected chi connectivity index (χ4v) is 3.22. The lowest BCUT2D eigenvalue weighted by molar-refractivity contribution is -0.142. The summed E-state index contributed by atoms with van der Waals surface area (Å²) in [6, 6.07) is 7.36. The molecular weight excluding hydrogens is 391 g/mol. The summed E-state index contributed by atoms with van der Waals surface area (Å²) in [7, 11) is 0. The molecule has 0 radical (unpaired) electrons. The Morgan fingerprint density at radius 1 is 1.19 bits per heavy atom. The zero-order valence-corrected chi connectivity index (χ0v) is 15.2. The summed E-state index contributed by atoms with van der Waals surface area (Å²) in [4.78, 5) is 23.0. The van der Waals surface area contributed by atoms with E-state index in [0.717, 1.165) is 6.07 Å². The van der Waals surface area contributed by atoms with Crippen molar-refractivity contribution in [2.45, 2.75) is 25.9 Å². The van der Waals surface area contributed by atoms with Gasteiger partial charge in [0.05, 0.1) is 25.1 Å². The van der Waals surface area contributed by atoms with Gasteiger partial charge in [0.15, 0.2) is 0 Å². The maximum Gasteiger partial charge on any atom is 0.425 e. The first kappa shape index (κ1) is 20.3. The van der Waals surface area contributed by atoms with Crippen molar-refractivity contribution in [2.75, 3.05) is 11.9 Å². The van der Waals surface area contributed by atoms with Gasteiger partial charge in [-0.3, -0.25) is 9.59 Å². The molecule has 4 nitrogen and oxygen atoms in total. The molecule has 140 valence electrons. The van der Waals surface area contributed by atoms with Crippen LogP contribution < -0.4 is 5.32 Å². The minimum Gasteiger partial charge on any atom is -0.466 e. The molecular formula is C17H15ClF3NO3S. The highest BCUT2D eigenvalue weighted by Gasteiger charge is 2.34. The van der Waals surface area contributed by atoms with Crippen LogP contribution in [0.25, 0.3) is 0 Å². The van der Waals surface area contributed by atoms with Gasteiger partial charge in [-0.15, -0.1) is 11.3 Å². The summed E-state index contributed by atoms with van der Waals surface area (Å²) in [5.74, 6) is -1.15. The number of hydrogen-bond donors (Lipinski definition) is 1. The van der Waals surface area contributed by atoms with Gasteiger partial charge in [0.25, 0.3) is 0 Å². The van der Waals surface area contributed by atoms with Gasteiger partial charge >= 0.3 is 12.1 Å². The van der Waals surface area contributed by atoms with E-state index in [1.807, 2.05) is 0 Å². The fraction of sp³-hybridized carbons (Fsp3) is 0.294. The Balaban J connectivity index is 2.17. The standard InChI is InChI=1S/C17H15ClF3NO3S/c1-2-25-16(24)9-13-12(8-14(26-13)17(19,20)21)22-15(23)7-10-3-5-11(18)6-4-10/h3-6,8H,2,7,9H2,1H3,(H,22,23). The zero-order chi connectivity index (χ0) is 19.3. The van der Waals surface area contributed by atoms with E-state index in [9.17, 15) is 22.8 Å². The summed E-state index contributed by atoms with van der Waals surface area (Å²) >= 11 is 6.18. The number of benzene rings is 1. The number of esters is 1. The van der Waals surface area contributed by atoms with Crippen molar-refractivity contribution in [3.05, 3.63) is 50.7 Å². The molecule has 0 bridgehead atoms. The molecule has 0 aliphatic heterocycles. The average molecular weight is 406 g/mol. The molecule has 0 spiro atoms. The second-order valence-corrected chi connectivity index (χ2v) is 6.85. The zero-order valence-electron chi connectivity index (χ0n) is 13.7. The quantitative estimate of drug-likeness (QED) is 0.708. The second kappa shape index (κ2) is 8.55. The van der Waals surface area contributed by atoms with E-state index in [1.54, 1.807) is 31.2 Å². The largest absolute Gasteiger partial charge is 0.466 e. The predicted molar refractivity (Wildman–Crippen MR) is 93.4 cm³/mol. The number of rotatable bonds is 6. The molecule has 26 heavy (non-hydrogen) atoms. The molecule has 0 saturated heterocycles. The Morgan fingerprint density at radius 3 is 2.42 bits per heavy atom. The van der Waals surface area contributed by atoms with Crippen molar-refractivity contribution in [3.63, 3.8) is 0 Å². The maximum atomic E-state index is 13.0. The van der Waals surface area contributed by atoms with E-state index in [-0.39, 0.29) is 30.0 Å². The molecule has 0 atom stereocenters. The first-order valence-electron chi connectivity index (χ1n) is 7.59. The van der Waals surface area contributed by atoms with Crippen molar-refractivity contribution in [1.82, 2.24) is 0 Å². The van der Waals surface area contributed by atoms with Gasteiger partial charge in [-0.1, -0.05) is 23.7 Å². The normalized spacial score (nSPS) is 11.3. The number of carbonyl (C=O) groups is 2. The lowest BCUT2D eigenvalue weighted by Crippen LogP contribution is -2.16. The van der Waals surface area contributed by atoms with E-state index in [4.69, 9.17) is 16.3 Å². The number of halogens is 4. The molecule has 0 aliphatic carbocycles. The van der Waals surface area contributed by atoms with E-state index >= 15 is 0 Å². The monoisotopic (exact) mass is 405 g/mol. The lowest BCUT2D eigenvalue weighted by atomic mass is 10.1. The molecule has 0 saturated carbocycles. The highest BCUT2D eigenvalue weighted by Crippen LogP contribution is 2.39. The van der Waals surface area contributed by atoms with E-state index in [0.29, 0.717) is 21.9 Å². The van der Waals surface area contributed by atoms with Gasteiger partial charge in [-0.2, -0.15) is 13.2 Å². The predicted octanol–water partition coefficient (Wildman–Crippen LogP) is 4.71. The van der Waals surface area contributed by atoms with E-state index in [1.165, 1.54) is 0 Å². The molecule has 0 unspecified atom stereocenters. The van der Waals surface area contributed by atoms with Crippen molar-refractivity contribution in [2.24, 2.45) is 0 Å². The SMILES string of the molecule is CCOC(=O)Cc1sc(C(F)(F)F)cc1NC(=O)Cc1ccc(Cl)cc1. The molecule has 0 fully saturated rings. The number of ether oxygens (including phenoxy) is 1. The maximum absolute atomic E-state index is 13.0. The molecule has 1 aromatic heterocycles. The number of carbonyl (C=O) groups excluding carboxylic acids is 2. The Morgan fingerprint density at radius 2 is 1.85 bits per heavy atom. The van der Waals surface area contributed by atoms with Crippen LogP contribution in [-0.2, 0) is 33.3 Å². The molecule has 9 heteroatoms. The van der Waals surface area contributed by atoms with Gasteiger partial charge in [0, 0.05) is 9.90 Å². The number of hydrogen-bond acceptors (Lipinski definition) is 4. The van der Waals surface area contributed by atoms with Gasteiger partial charge in [0.1, 0.15) is 4.88 Å². The number of anilines is 1. The van der Waals surface area contributed by atoms with Crippen LogP contribution in [0.15, 0.2) is 30.3 Å². The smallest absolute Gasteiger partial charge is 0.425 e. The van der Waals surface area contributed by atoms with Crippen LogP contribution in [0.1, 0.15) is 22.2 Å². The summed E-state index contributed by atoms with van der Waals surface area (Å²) in [6.07, 6.45) is -4.94. The summed E-state index contributed by atoms with van der Waals surface area (Å²) in [5.41, 5.74) is 0.624. The third-order valence-corrected chi connectivity index (χ3v) is 4.68. The van der Waals surface area contributed by atoms with E-state index < -0.39 is 22.9 Å². The molecule has 0 aliphatic rings. The topological polar surface area (TPSA) is 55.4 Å². The number of amides is 1. The third-order valence-electron chi connectivity index (χ3n) is 3.25. The Hall–Kier alpha value is -2.06. The Labute approximate surface area is 156 Å². The highest BCUT2D eigenvalue weighted by molar-refractivity contribution is 7.12. The van der Waals surface area contributed by atoms with Gasteiger partial charge < -0.3 is 10.1 Å². The minimum atomic E-state index is -4.56. The molecule has 1 amide bonds. The van der Waals surface area contributed by atoms with Gasteiger partial charge in [0.2, 0.25) is 5.91 Å². The molecule has 1 N–H and O–H groups in total. The summed E-state index contributed by atoms with van der Waals surface area (Å²) < 4.78 is 43.6. The van der Waals surface area contributed by atoms with Crippen LogP contribution in [-0.4, -0.2) is 18.5 Å². The Bertz CT molecular complexity index is 788. The van der Waals surface area contributed by atoms with E-state index in [2.05, 4.69) is 5.32 Å². The molecule has 2 rings (SSSR count). The first-order valence-corrected chi connectivity index (χ1v) is 8.78. The summed E-state index contributed by atoms with van der Waals surface area (Å²) in [6.45, 7) is 1.72. The molecule has 2 aromatic rings. The molecule has 1 heterocycles. The van der Waals surface area contributed by atoms with Crippen LogP contribution in [0, 0.1) is 0 Å². The summed E-state index contributed by atoms with van der Waals surface area (Å²) in [5, 5.41) is 2.96. The van der Waals surface area contributed by atoms with Crippen LogP contribution in [0.3, 0.4) is 0 Å². The first-order chi connectivity index (χ1) is 12.2. The van der Waals surface area contributed by atoms with Crippen molar-refractivity contribution < 1.29 is 27.5 Å². The number of alkyl halides is 3. The van der Waals surface area contributed by atoms with Crippen molar-refractivity contribution in [1.29, 1.82) is 0 Å². The fourth-order valence-electron chi connectivity index (χ4n) is 2.13. The van der Waals surface area contributed by atoms with Crippen molar-refractivity contribution in [3.8, 4) is 0 Å². The van der Waals surface area contributed by atoms with Crippen molar-refractivity contribution >= 4 is 40.5 Å². The average Bonchev–Trinajstić information content (AvgIpc) is 2.92. The van der Waals surface area contributed by atoms with Gasteiger partial charge in [-0.25, -0.2) is 0 Å². The van der Waals surface area contributed by atoms with Gasteiger partial charge in [-0.05, 0) is 30.7 Å². The minimum absolute atomic E-state index is 0.0330. The Kier molecular flexibility index (Phi) is 6.66. The highest BCUT2D eigenvalue weighted by atomic mass is 35.5. The van der Waals surface area contributed by atoms with Crippen LogP contribution in [0.5, 0.6) is 0 Å². The third kappa shape index (κ3) is 5.74. The number of nitrogens with one attached hydrogen (secondary N) is 1. The van der Waals surface area contributed by atoms with Crippen LogP contribution >= 0.6 is 22.9 Å². The number of thiophene rings is 1. The molecule has 1 aromatic carbocycles.